The van der Waals surface area contributed by atoms with Crippen LogP contribution in [0.4, 0.5) is 11.4 Å². The van der Waals surface area contributed by atoms with Crippen molar-refractivity contribution < 1.29 is 23.9 Å². The number of rotatable bonds is 7. The Labute approximate surface area is 156 Å². The summed E-state index contributed by atoms with van der Waals surface area (Å²) in [6, 6.07) is 10.3. The molecule has 142 valence electrons. The van der Waals surface area contributed by atoms with Crippen LogP contribution in [0, 0.1) is 17.0 Å². The third-order valence-electron chi connectivity index (χ3n) is 4.03. The van der Waals surface area contributed by atoms with E-state index >= 15 is 0 Å². The van der Waals surface area contributed by atoms with Crippen LogP contribution in [0.5, 0.6) is 17.2 Å². The molecule has 0 atom stereocenters. The molecule has 27 heavy (non-hydrogen) atoms. The van der Waals surface area contributed by atoms with Gasteiger partial charge < -0.3 is 19.5 Å². The Morgan fingerprint density at radius 1 is 1.22 bits per heavy atom. The Morgan fingerprint density at radius 3 is 2.63 bits per heavy atom. The average Bonchev–Trinajstić information content (AvgIpc) is 2.66. The number of hydrogen-bond acceptors (Lipinski definition) is 6. The Bertz CT molecular complexity index is 852. The van der Waals surface area contributed by atoms with E-state index < -0.39 is 4.92 Å². The van der Waals surface area contributed by atoms with Gasteiger partial charge in [0.1, 0.15) is 24.7 Å². The van der Waals surface area contributed by atoms with Crippen molar-refractivity contribution in [3.8, 4) is 17.2 Å². The first-order chi connectivity index (χ1) is 13.0. The fourth-order valence-electron chi connectivity index (χ4n) is 2.68. The average molecular weight is 372 g/mol. The lowest BCUT2D eigenvalue weighted by Gasteiger charge is -2.19. The Balaban J connectivity index is 1.57. The van der Waals surface area contributed by atoms with Gasteiger partial charge in [0.05, 0.1) is 17.6 Å². The number of fused-ring (bicyclic) bond motifs is 1. The van der Waals surface area contributed by atoms with Crippen molar-refractivity contribution in [2.24, 2.45) is 0 Å². The molecule has 0 unspecified atom stereocenters. The minimum Gasteiger partial charge on any atom is -0.493 e. The second-order valence-electron chi connectivity index (χ2n) is 6.04. The molecule has 8 heteroatoms. The fourth-order valence-corrected chi connectivity index (χ4v) is 2.68. The van der Waals surface area contributed by atoms with Gasteiger partial charge in [0, 0.05) is 12.5 Å². The van der Waals surface area contributed by atoms with Crippen LogP contribution in [0.25, 0.3) is 0 Å². The zero-order valence-electron chi connectivity index (χ0n) is 14.9. The number of amides is 1. The number of hydrogen-bond donors (Lipinski definition) is 1. The van der Waals surface area contributed by atoms with Crippen molar-refractivity contribution >= 4 is 17.3 Å². The van der Waals surface area contributed by atoms with Crippen LogP contribution >= 0.6 is 0 Å². The van der Waals surface area contributed by atoms with Gasteiger partial charge in [0.2, 0.25) is 5.91 Å². The molecule has 3 rings (SSSR count). The summed E-state index contributed by atoms with van der Waals surface area (Å²) >= 11 is 0. The monoisotopic (exact) mass is 372 g/mol. The number of para-hydroxylation sites is 1. The highest BCUT2D eigenvalue weighted by Gasteiger charge is 2.23. The highest BCUT2D eigenvalue weighted by Crippen LogP contribution is 2.39. The van der Waals surface area contributed by atoms with Gasteiger partial charge in [-0.1, -0.05) is 18.2 Å². The molecule has 0 aromatic heterocycles. The van der Waals surface area contributed by atoms with Crippen LogP contribution in [-0.2, 0) is 4.79 Å². The summed E-state index contributed by atoms with van der Waals surface area (Å²) < 4.78 is 16.4. The van der Waals surface area contributed by atoms with E-state index in [-0.39, 0.29) is 23.7 Å². The van der Waals surface area contributed by atoms with E-state index in [9.17, 15) is 14.9 Å². The minimum atomic E-state index is -0.560. The van der Waals surface area contributed by atoms with Crippen LogP contribution in [0.3, 0.4) is 0 Å². The topological polar surface area (TPSA) is 99.9 Å². The van der Waals surface area contributed by atoms with Gasteiger partial charge in [0.15, 0.2) is 11.5 Å². The summed E-state index contributed by atoms with van der Waals surface area (Å²) in [7, 11) is 0. The van der Waals surface area contributed by atoms with Gasteiger partial charge in [-0.15, -0.1) is 0 Å². The molecular weight excluding hydrogens is 352 g/mol. The maximum absolute atomic E-state index is 12.2. The van der Waals surface area contributed by atoms with E-state index in [1.807, 2.05) is 31.2 Å². The molecule has 0 spiro atoms. The first kappa shape index (κ1) is 18.5. The van der Waals surface area contributed by atoms with E-state index in [0.717, 1.165) is 11.3 Å². The molecule has 1 heterocycles. The summed E-state index contributed by atoms with van der Waals surface area (Å²) in [4.78, 5) is 22.9. The summed E-state index contributed by atoms with van der Waals surface area (Å²) in [5.74, 6) is 1.13. The lowest BCUT2D eigenvalue weighted by molar-refractivity contribution is -0.384. The van der Waals surface area contributed by atoms with E-state index in [1.165, 1.54) is 12.1 Å². The van der Waals surface area contributed by atoms with Crippen LogP contribution in [-0.4, -0.2) is 30.7 Å². The summed E-state index contributed by atoms with van der Waals surface area (Å²) in [6.07, 6.45) is 0.663. The zero-order valence-corrected chi connectivity index (χ0v) is 14.9. The van der Waals surface area contributed by atoms with Crippen LogP contribution in [0.1, 0.15) is 18.4 Å². The maximum Gasteiger partial charge on any atom is 0.296 e. The molecule has 0 fully saturated rings. The number of nitro benzene ring substituents is 1. The first-order valence-corrected chi connectivity index (χ1v) is 8.61. The number of nitro groups is 1. The molecule has 1 aliphatic rings. The first-order valence-electron chi connectivity index (χ1n) is 8.61. The van der Waals surface area contributed by atoms with Crippen LogP contribution in [0.2, 0.25) is 0 Å². The molecule has 0 bridgehead atoms. The van der Waals surface area contributed by atoms with Crippen molar-refractivity contribution in [3.63, 3.8) is 0 Å². The van der Waals surface area contributed by atoms with Crippen molar-refractivity contribution in [2.75, 3.05) is 25.1 Å². The van der Waals surface area contributed by atoms with Crippen LogP contribution < -0.4 is 19.5 Å². The summed E-state index contributed by atoms with van der Waals surface area (Å²) in [5.41, 5.74) is 0.881. The van der Waals surface area contributed by atoms with E-state index in [4.69, 9.17) is 14.2 Å². The van der Waals surface area contributed by atoms with Gasteiger partial charge in [0.25, 0.3) is 5.69 Å². The molecule has 1 N–H and O–H groups in total. The Hall–Kier alpha value is -3.29. The zero-order chi connectivity index (χ0) is 19.2. The van der Waals surface area contributed by atoms with Gasteiger partial charge >= 0.3 is 0 Å². The van der Waals surface area contributed by atoms with Crippen molar-refractivity contribution in [3.05, 3.63) is 52.1 Å². The van der Waals surface area contributed by atoms with Crippen molar-refractivity contribution in [2.45, 2.75) is 19.8 Å². The second kappa shape index (κ2) is 8.39. The van der Waals surface area contributed by atoms with E-state index in [1.54, 1.807) is 0 Å². The number of anilines is 1. The molecule has 1 aliphatic heterocycles. The number of ether oxygens (including phenoxy) is 3. The fraction of sp³-hybridized carbons (Fsp3) is 0.316. The lowest BCUT2D eigenvalue weighted by atomic mass is 10.2. The molecule has 0 saturated carbocycles. The number of carbonyl (C=O) groups is 1. The van der Waals surface area contributed by atoms with Gasteiger partial charge in [-0.25, -0.2) is 0 Å². The summed E-state index contributed by atoms with van der Waals surface area (Å²) in [5, 5.41) is 13.9. The Kier molecular flexibility index (Phi) is 5.75. The SMILES string of the molecule is Cc1ccccc1OCCCC(=O)Nc1cc2c(cc1[N+](=O)[O-])OCCO2. The number of aryl methyl sites for hydroxylation is 1. The molecule has 0 saturated heterocycles. The quantitative estimate of drug-likeness (QED) is 0.454. The highest BCUT2D eigenvalue weighted by molar-refractivity contribution is 5.93. The predicted octanol–water partition coefficient (Wildman–Crippen LogP) is 3.47. The van der Waals surface area contributed by atoms with E-state index in [0.29, 0.717) is 37.7 Å². The molecule has 2 aromatic carbocycles. The molecule has 8 nitrogen and oxygen atoms in total. The molecule has 2 aromatic rings. The molecule has 1 amide bonds. The smallest absolute Gasteiger partial charge is 0.296 e. The lowest BCUT2D eigenvalue weighted by Crippen LogP contribution is -2.17. The third-order valence-corrected chi connectivity index (χ3v) is 4.03. The number of benzene rings is 2. The predicted molar refractivity (Wildman–Crippen MR) is 98.6 cm³/mol. The maximum atomic E-state index is 12.2. The minimum absolute atomic E-state index is 0.0917. The number of nitrogens with one attached hydrogen (secondary N) is 1. The summed E-state index contributed by atoms with van der Waals surface area (Å²) in [6.45, 7) is 3.01. The highest BCUT2D eigenvalue weighted by atomic mass is 16.6. The molecular formula is C19H20N2O6. The molecule has 0 radical (unpaired) electrons. The van der Waals surface area contributed by atoms with Crippen LogP contribution in [0.15, 0.2) is 36.4 Å². The second-order valence-corrected chi connectivity index (χ2v) is 6.04. The number of carbonyl (C=O) groups excluding carboxylic acids is 1. The largest absolute Gasteiger partial charge is 0.493 e. The molecule has 0 aliphatic carbocycles. The normalized spacial score (nSPS) is 12.3. The standard InChI is InChI=1S/C19H20N2O6/c1-13-5-2-3-6-16(13)25-8-4-7-19(22)20-14-11-17-18(27-10-9-26-17)12-15(14)21(23)24/h2-3,5-6,11-12H,4,7-10H2,1H3,(H,20,22). The van der Waals surface area contributed by atoms with E-state index in [2.05, 4.69) is 5.32 Å². The van der Waals surface area contributed by atoms with Crippen molar-refractivity contribution in [1.82, 2.24) is 0 Å². The van der Waals surface area contributed by atoms with Gasteiger partial charge in [-0.05, 0) is 25.0 Å². The number of nitrogens with zero attached hydrogens (tertiary/aromatic N) is 1. The third kappa shape index (κ3) is 4.66. The van der Waals surface area contributed by atoms with Gasteiger partial charge in [-0.2, -0.15) is 0 Å². The van der Waals surface area contributed by atoms with Gasteiger partial charge in [-0.3, -0.25) is 14.9 Å². The Morgan fingerprint density at radius 2 is 1.93 bits per heavy atom. The van der Waals surface area contributed by atoms with Crippen molar-refractivity contribution in [1.29, 1.82) is 0 Å².